The van der Waals surface area contributed by atoms with Gasteiger partial charge in [0.1, 0.15) is 5.82 Å². The molecule has 0 fully saturated rings. The number of rotatable bonds is 9. The molecule has 2 nitrogen and oxygen atoms in total. The molecule has 126 valence electrons. The fraction of sp³-hybridized carbons (Fsp3) is 0.450. The minimum Gasteiger partial charge on any atom is -0.339 e. The SMILES string of the molecule is C/C=C(\C/C=C\CC)CN(CCCc1ccccc1F)C(C)=O. The van der Waals surface area contributed by atoms with Crippen LogP contribution in [0.4, 0.5) is 4.39 Å². The molecule has 0 heterocycles. The second kappa shape index (κ2) is 10.8. The van der Waals surface area contributed by atoms with Crippen LogP contribution < -0.4 is 0 Å². The van der Waals surface area contributed by atoms with Gasteiger partial charge in [-0.3, -0.25) is 4.79 Å². The van der Waals surface area contributed by atoms with Crippen molar-refractivity contribution in [1.29, 1.82) is 0 Å². The van der Waals surface area contributed by atoms with Crippen LogP contribution in [0.25, 0.3) is 0 Å². The molecule has 1 amide bonds. The molecule has 0 aliphatic carbocycles. The summed E-state index contributed by atoms with van der Waals surface area (Å²) >= 11 is 0. The van der Waals surface area contributed by atoms with Crippen molar-refractivity contribution in [3.63, 3.8) is 0 Å². The van der Waals surface area contributed by atoms with Gasteiger partial charge in [-0.15, -0.1) is 0 Å². The number of amides is 1. The third kappa shape index (κ3) is 7.27. The number of benzene rings is 1. The van der Waals surface area contributed by atoms with E-state index < -0.39 is 0 Å². The molecule has 1 aromatic rings. The summed E-state index contributed by atoms with van der Waals surface area (Å²) in [4.78, 5) is 13.7. The maximum Gasteiger partial charge on any atom is 0.219 e. The monoisotopic (exact) mass is 317 g/mol. The summed E-state index contributed by atoms with van der Waals surface area (Å²) in [6, 6.07) is 6.83. The van der Waals surface area contributed by atoms with E-state index in [1.165, 1.54) is 11.6 Å². The number of aryl methyl sites for hydroxylation is 1. The van der Waals surface area contributed by atoms with Gasteiger partial charge in [0.25, 0.3) is 0 Å². The molecule has 1 aromatic carbocycles. The second-order valence-corrected chi connectivity index (χ2v) is 5.67. The third-order valence-corrected chi connectivity index (χ3v) is 3.86. The Kier molecular flexibility index (Phi) is 8.96. The molecule has 3 heteroatoms. The van der Waals surface area contributed by atoms with Crippen molar-refractivity contribution in [2.75, 3.05) is 13.1 Å². The Hall–Kier alpha value is -1.90. The Balaban J connectivity index is 2.53. The van der Waals surface area contributed by atoms with Crippen molar-refractivity contribution < 1.29 is 9.18 Å². The Morgan fingerprint density at radius 3 is 2.61 bits per heavy atom. The summed E-state index contributed by atoms with van der Waals surface area (Å²) in [5.41, 5.74) is 1.95. The first-order chi connectivity index (χ1) is 11.1. The van der Waals surface area contributed by atoms with Crippen molar-refractivity contribution in [2.45, 2.75) is 46.5 Å². The minimum atomic E-state index is -0.166. The van der Waals surface area contributed by atoms with Crippen molar-refractivity contribution in [3.8, 4) is 0 Å². The zero-order chi connectivity index (χ0) is 17.1. The lowest BCUT2D eigenvalue weighted by molar-refractivity contribution is -0.128. The molecule has 23 heavy (non-hydrogen) atoms. The number of halogens is 1. The van der Waals surface area contributed by atoms with Gasteiger partial charge in [0.15, 0.2) is 0 Å². The average molecular weight is 317 g/mol. The van der Waals surface area contributed by atoms with E-state index in [1.807, 2.05) is 17.9 Å². The van der Waals surface area contributed by atoms with Crippen LogP contribution in [0.3, 0.4) is 0 Å². The first kappa shape index (κ1) is 19.1. The molecule has 0 saturated heterocycles. The Morgan fingerprint density at radius 2 is 2.00 bits per heavy atom. The zero-order valence-electron chi connectivity index (χ0n) is 14.5. The van der Waals surface area contributed by atoms with Gasteiger partial charge in [-0.25, -0.2) is 4.39 Å². The number of allylic oxidation sites excluding steroid dienone is 3. The molecule has 0 aliphatic heterocycles. The van der Waals surface area contributed by atoms with E-state index in [-0.39, 0.29) is 11.7 Å². The molecule has 0 bridgehead atoms. The van der Waals surface area contributed by atoms with E-state index in [1.54, 1.807) is 19.1 Å². The summed E-state index contributed by atoms with van der Waals surface area (Å²) in [6.07, 6.45) is 9.68. The van der Waals surface area contributed by atoms with E-state index >= 15 is 0 Å². The van der Waals surface area contributed by atoms with Gasteiger partial charge in [0.05, 0.1) is 0 Å². The smallest absolute Gasteiger partial charge is 0.219 e. The number of carbonyl (C=O) groups excluding carboxylic acids is 1. The van der Waals surface area contributed by atoms with Crippen LogP contribution in [-0.2, 0) is 11.2 Å². The zero-order valence-corrected chi connectivity index (χ0v) is 14.5. The van der Waals surface area contributed by atoms with E-state index in [0.717, 1.165) is 19.3 Å². The summed E-state index contributed by atoms with van der Waals surface area (Å²) in [5.74, 6) is -0.0990. The number of hydrogen-bond acceptors (Lipinski definition) is 1. The van der Waals surface area contributed by atoms with E-state index in [2.05, 4.69) is 25.2 Å². The van der Waals surface area contributed by atoms with Crippen LogP contribution in [0, 0.1) is 5.82 Å². The van der Waals surface area contributed by atoms with Gasteiger partial charge in [-0.1, -0.05) is 48.9 Å². The molecule has 1 rings (SSSR count). The van der Waals surface area contributed by atoms with E-state index in [0.29, 0.717) is 25.1 Å². The van der Waals surface area contributed by atoms with Gasteiger partial charge < -0.3 is 4.90 Å². The first-order valence-electron chi connectivity index (χ1n) is 8.36. The highest BCUT2D eigenvalue weighted by Gasteiger charge is 2.10. The topological polar surface area (TPSA) is 20.3 Å². The maximum atomic E-state index is 13.6. The standard InChI is InChI=1S/C20H28FNO/c1-4-6-7-11-18(5-2)16-22(17(3)23)15-10-13-19-12-8-9-14-20(19)21/h5-9,12,14H,4,10-11,13,15-16H2,1-3H3/b7-6-,18-5+. The fourth-order valence-corrected chi connectivity index (χ4v) is 2.43. The molecule has 0 radical (unpaired) electrons. The van der Waals surface area contributed by atoms with Gasteiger partial charge in [0, 0.05) is 20.0 Å². The van der Waals surface area contributed by atoms with Crippen molar-refractivity contribution in [1.82, 2.24) is 4.90 Å². The predicted octanol–water partition coefficient (Wildman–Crippen LogP) is 4.91. The number of carbonyl (C=O) groups is 1. The van der Waals surface area contributed by atoms with Crippen LogP contribution in [0.1, 0.15) is 45.6 Å². The van der Waals surface area contributed by atoms with Crippen molar-refractivity contribution >= 4 is 5.91 Å². The first-order valence-corrected chi connectivity index (χ1v) is 8.36. The van der Waals surface area contributed by atoms with Crippen molar-refractivity contribution in [3.05, 3.63) is 59.4 Å². The second-order valence-electron chi connectivity index (χ2n) is 5.67. The van der Waals surface area contributed by atoms with Gasteiger partial charge in [-0.2, -0.15) is 0 Å². The molecule has 0 aromatic heterocycles. The third-order valence-electron chi connectivity index (χ3n) is 3.86. The Labute approximate surface area is 139 Å². The van der Waals surface area contributed by atoms with Crippen LogP contribution in [0.5, 0.6) is 0 Å². The van der Waals surface area contributed by atoms with Crippen LogP contribution in [0.2, 0.25) is 0 Å². The van der Waals surface area contributed by atoms with E-state index in [4.69, 9.17) is 0 Å². The quantitative estimate of drug-likeness (QED) is 0.593. The number of hydrogen-bond donors (Lipinski definition) is 0. The summed E-state index contributed by atoms with van der Waals surface area (Å²) in [5, 5.41) is 0. The largest absolute Gasteiger partial charge is 0.339 e. The highest BCUT2D eigenvalue weighted by Crippen LogP contribution is 2.11. The lowest BCUT2D eigenvalue weighted by Gasteiger charge is -2.22. The highest BCUT2D eigenvalue weighted by molar-refractivity contribution is 5.73. The molecule has 0 saturated carbocycles. The van der Waals surface area contributed by atoms with Crippen molar-refractivity contribution in [2.24, 2.45) is 0 Å². The van der Waals surface area contributed by atoms with E-state index in [9.17, 15) is 9.18 Å². The normalized spacial score (nSPS) is 11.9. The molecule has 0 N–H and O–H groups in total. The number of nitrogens with zero attached hydrogens (tertiary/aromatic N) is 1. The maximum absolute atomic E-state index is 13.6. The average Bonchev–Trinajstić information content (AvgIpc) is 2.54. The molecular formula is C20H28FNO. The molecule has 0 spiro atoms. The van der Waals surface area contributed by atoms with Gasteiger partial charge in [-0.05, 0) is 44.2 Å². The molecule has 0 atom stereocenters. The van der Waals surface area contributed by atoms with Gasteiger partial charge in [0.2, 0.25) is 5.91 Å². The van der Waals surface area contributed by atoms with Gasteiger partial charge >= 0.3 is 0 Å². The predicted molar refractivity (Wildman–Crippen MR) is 94.8 cm³/mol. The summed E-state index contributed by atoms with van der Waals surface area (Å²) in [7, 11) is 0. The highest BCUT2D eigenvalue weighted by atomic mass is 19.1. The molecule has 0 aliphatic rings. The molecular weight excluding hydrogens is 289 g/mol. The van der Waals surface area contributed by atoms with Crippen LogP contribution in [-0.4, -0.2) is 23.9 Å². The fourth-order valence-electron chi connectivity index (χ4n) is 2.43. The van der Waals surface area contributed by atoms with Crippen LogP contribution >= 0.6 is 0 Å². The summed E-state index contributed by atoms with van der Waals surface area (Å²) < 4.78 is 13.6. The Morgan fingerprint density at radius 1 is 1.26 bits per heavy atom. The lowest BCUT2D eigenvalue weighted by Crippen LogP contribution is -2.32. The molecule has 0 unspecified atom stereocenters. The minimum absolute atomic E-state index is 0.0670. The van der Waals surface area contributed by atoms with Crippen LogP contribution in [0.15, 0.2) is 48.1 Å². The lowest BCUT2D eigenvalue weighted by atomic mass is 10.1. The summed E-state index contributed by atoms with van der Waals surface area (Å²) in [6.45, 7) is 7.01. The Bertz CT molecular complexity index is 548.